The number of amides is 1. The Morgan fingerprint density at radius 1 is 0.923 bits per heavy atom. The van der Waals surface area contributed by atoms with Gasteiger partial charge in [0.25, 0.3) is 5.91 Å². The number of carbonyl (C=O) groups excluding carboxylic acids is 1. The minimum absolute atomic E-state index is 0.0322. The van der Waals surface area contributed by atoms with Crippen molar-refractivity contribution in [2.45, 2.75) is 4.90 Å². The molecule has 0 saturated carbocycles. The molecule has 10 heteroatoms. The van der Waals surface area contributed by atoms with Crippen LogP contribution in [0.4, 0.5) is 5.69 Å². The molecule has 1 aliphatic heterocycles. The van der Waals surface area contributed by atoms with Crippen LogP contribution >= 0.6 is 27.5 Å². The minimum Gasteiger partial charge on any atom is -0.493 e. The summed E-state index contributed by atoms with van der Waals surface area (Å²) in [4.78, 5) is 13.5. The molecule has 5 rings (SSSR count). The molecule has 0 unspecified atom stereocenters. The molecule has 4 aromatic rings. The van der Waals surface area contributed by atoms with Gasteiger partial charge < -0.3 is 8.92 Å². The number of para-hydroxylation sites is 1. The van der Waals surface area contributed by atoms with E-state index in [0.29, 0.717) is 32.0 Å². The van der Waals surface area contributed by atoms with E-state index in [1.54, 1.807) is 30.3 Å². The van der Waals surface area contributed by atoms with Gasteiger partial charge in [0.15, 0.2) is 11.5 Å². The third-order valence-electron chi connectivity index (χ3n) is 5.78. The highest BCUT2D eigenvalue weighted by Gasteiger charge is 2.32. The molecule has 0 N–H and O–H groups in total. The number of benzene rings is 4. The van der Waals surface area contributed by atoms with Crippen molar-refractivity contribution in [3.05, 3.63) is 123 Å². The lowest BCUT2D eigenvalue weighted by atomic mass is 10.00. The zero-order chi connectivity index (χ0) is 27.6. The first-order valence-corrected chi connectivity index (χ1v) is 14.2. The minimum atomic E-state index is -4.18. The van der Waals surface area contributed by atoms with Gasteiger partial charge in [0, 0.05) is 10.6 Å². The Balaban J connectivity index is 1.55. The van der Waals surface area contributed by atoms with Crippen molar-refractivity contribution in [1.29, 1.82) is 0 Å². The van der Waals surface area contributed by atoms with Crippen molar-refractivity contribution in [1.82, 2.24) is 0 Å². The van der Waals surface area contributed by atoms with Crippen LogP contribution in [0.5, 0.6) is 11.5 Å². The van der Waals surface area contributed by atoms with Crippen molar-refractivity contribution in [3.8, 4) is 11.5 Å². The van der Waals surface area contributed by atoms with E-state index in [-0.39, 0.29) is 22.3 Å². The lowest BCUT2D eigenvalue weighted by Gasteiger charge is -2.14. The standard InChI is InChI=1S/C29H20BrClN2O5S/c1-37-26-18-19(17-25(30)28(26)38-39(35,36)23-14-12-21(31)13-15-23)16-24-27(20-8-4-2-5-9-20)32-33(29(24)34)22-10-6-3-7-11-22/h2-18H,1H3/b24-16-. The molecule has 0 radical (unpaired) electrons. The number of ether oxygens (including phenoxy) is 1. The summed E-state index contributed by atoms with van der Waals surface area (Å²) in [7, 11) is -2.78. The second-order valence-electron chi connectivity index (χ2n) is 8.35. The lowest BCUT2D eigenvalue weighted by Crippen LogP contribution is -2.21. The van der Waals surface area contributed by atoms with E-state index in [2.05, 4.69) is 21.0 Å². The smallest absolute Gasteiger partial charge is 0.339 e. The van der Waals surface area contributed by atoms with Gasteiger partial charge in [-0.05, 0) is 76.1 Å². The molecular weight excluding hydrogens is 604 g/mol. The molecule has 0 fully saturated rings. The molecule has 0 aliphatic carbocycles. The monoisotopic (exact) mass is 622 g/mol. The fraction of sp³-hybridized carbons (Fsp3) is 0.0345. The van der Waals surface area contributed by atoms with Gasteiger partial charge in [-0.3, -0.25) is 4.79 Å². The summed E-state index contributed by atoms with van der Waals surface area (Å²) in [5.74, 6) is -0.187. The highest BCUT2D eigenvalue weighted by molar-refractivity contribution is 9.10. The first-order valence-electron chi connectivity index (χ1n) is 11.6. The van der Waals surface area contributed by atoms with Gasteiger partial charge in [-0.1, -0.05) is 60.1 Å². The molecule has 4 aromatic carbocycles. The number of anilines is 1. The number of carbonyl (C=O) groups is 1. The molecule has 1 amide bonds. The summed E-state index contributed by atoms with van der Waals surface area (Å²) in [6, 6.07) is 27.4. The first-order chi connectivity index (χ1) is 18.8. The Hall–Kier alpha value is -3.92. The van der Waals surface area contributed by atoms with E-state index >= 15 is 0 Å². The zero-order valence-corrected chi connectivity index (χ0v) is 23.6. The first kappa shape index (κ1) is 26.7. The number of methoxy groups -OCH3 is 1. The number of nitrogens with zero attached hydrogens (tertiary/aromatic N) is 2. The predicted molar refractivity (Wildman–Crippen MR) is 155 cm³/mol. The summed E-state index contributed by atoms with van der Waals surface area (Å²) in [6.07, 6.45) is 1.68. The molecule has 39 heavy (non-hydrogen) atoms. The quantitative estimate of drug-likeness (QED) is 0.169. The topological polar surface area (TPSA) is 85.3 Å². The van der Waals surface area contributed by atoms with Gasteiger partial charge in [0.1, 0.15) is 10.6 Å². The Kier molecular flexibility index (Phi) is 7.56. The van der Waals surface area contributed by atoms with Gasteiger partial charge in [-0.2, -0.15) is 18.5 Å². The van der Waals surface area contributed by atoms with Gasteiger partial charge >= 0.3 is 10.1 Å². The second-order valence-corrected chi connectivity index (χ2v) is 11.2. The van der Waals surface area contributed by atoms with E-state index < -0.39 is 10.1 Å². The fourth-order valence-electron chi connectivity index (χ4n) is 3.93. The Bertz CT molecular complexity index is 1710. The Morgan fingerprint density at radius 2 is 1.56 bits per heavy atom. The predicted octanol–water partition coefficient (Wildman–Crippen LogP) is 6.71. The van der Waals surface area contributed by atoms with Crippen LogP contribution in [0.25, 0.3) is 6.08 Å². The molecule has 0 aromatic heterocycles. The van der Waals surface area contributed by atoms with Crippen LogP contribution in [0.1, 0.15) is 11.1 Å². The number of hydrazone groups is 1. The third kappa shape index (κ3) is 5.61. The van der Waals surface area contributed by atoms with Gasteiger partial charge in [0.05, 0.1) is 22.8 Å². The largest absolute Gasteiger partial charge is 0.493 e. The Labute approximate surface area is 239 Å². The van der Waals surface area contributed by atoms with Crippen LogP contribution < -0.4 is 13.9 Å². The molecule has 0 spiro atoms. The molecule has 0 atom stereocenters. The van der Waals surface area contributed by atoms with Crippen molar-refractivity contribution >= 4 is 61.0 Å². The van der Waals surface area contributed by atoms with E-state index in [9.17, 15) is 13.2 Å². The van der Waals surface area contributed by atoms with Crippen LogP contribution in [0.15, 0.2) is 117 Å². The van der Waals surface area contributed by atoms with Crippen molar-refractivity contribution in [2.24, 2.45) is 5.10 Å². The van der Waals surface area contributed by atoms with Crippen LogP contribution in [-0.2, 0) is 14.9 Å². The molecule has 0 saturated heterocycles. The van der Waals surface area contributed by atoms with E-state index in [1.807, 2.05) is 48.5 Å². The molecule has 1 aliphatic rings. The molecular formula is C29H20BrClN2O5S. The van der Waals surface area contributed by atoms with E-state index in [1.165, 1.54) is 36.4 Å². The molecule has 1 heterocycles. The summed E-state index contributed by atoms with van der Waals surface area (Å²) in [6.45, 7) is 0. The fourth-order valence-corrected chi connectivity index (χ4v) is 5.66. The van der Waals surface area contributed by atoms with E-state index in [0.717, 1.165) is 5.56 Å². The van der Waals surface area contributed by atoms with Gasteiger partial charge in [0.2, 0.25) is 0 Å². The maximum absolute atomic E-state index is 13.6. The lowest BCUT2D eigenvalue weighted by molar-refractivity contribution is -0.114. The summed E-state index contributed by atoms with van der Waals surface area (Å²) in [5, 5.41) is 6.39. The maximum Gasteiger partial charge on any atom is 0.339 e. The van der Waals surface area contributed by atoms with Gasteiger partial charge in [-0.15, -0.1) is 0 Å². The number of hydrogen-bond acceptors (Lipinski definition) is 6. The maximum atomic E-state index is 13.6. The number of halogens is 2. The Morgan fingerprint density at radius 3 is 2.21 bits per heavy atom. The van der Waals surface area contributed by atoms with Crippen LogP contribution in [0, 0.1) is 0 Å². The highest BCUT2D eigenvalue weighted by atomic mass is 79.9. The molecule has 0 bridgehead atoms. The summed E-state index contributed by atoms with van der Waals surface area (Å²) in [5.41, 5.74) is 2.84. The molecule has 7 nitrogen and oxygen atoms in total. The van der Waals surface area contributed by atoms with Crippen molar-refractivity contribution in [3.63, 3.8) is 0 Å². The average molecular weight is 624 g/mol. The zero-order valence-electron chi connectivity index (χ0n) is 20.4. The number of hydrogen-bond donors (Lipinski definition) is 0. The third-order valence-corrected chi connectivity index (χ3v) is 7.86. The summed E-state index contributed by atoms with van der Waals surface area (Å²) < 4.78 is 37.0. The van der Waals surface area contributed by atoms with E-state index in [4.69, 9.17) is 20.5 Å². The average Bonchev–Trinajstić information content (AvgIpc) is 3.26. The van der Waals surface area contributed by atoms with Gasteiger partial charge in [-0.25, -0.2) is 0 Å². The normalized spacial score (nSPS) is 14.4. The van der Waals surface area contributed by atoms with Crippen molar-refractivity contribution in [2.75, 3.05) is 12.1 Å². The highest BCUT2D eigenvalue weighted by Crippen LogP contribution is 2.39. The van der Waals surface area contributed by atoms with Crippen molar-refractivity contribution < 1.29 is 22.1 Å². The van der Waals surface area contributed by atoms with Crippen LogP contribution in [0.3, 0.4) is 0 Å². The molecule has 196 valence electrons. The van der Waals surface area contributed by atoms with Crippen LogP contribution in [-0.4, -0.2) is 27.1 Å². The second kappa shape index (κ2) is 11.1. The summed E-state index contributed by atoms with van der Waals surface area (Å²) >= 11 is 9.28. The van der Waals surface area contributed by atoms with Crippen LogP contribution in [0.2, 0.25) is 5.02 Å². The SMILES string of the molecule is COc1cc(/C=C2\C(=O)N(c3ccccc3)N=C2c2ccccc2)cc(Br)c1OS(=O)(=O)c1ccc(Cl)cc1. The number of rotatable bonds is 7.